The van der Waals surface area contributed by atoms with Crippen LogP contribution in [0.25, 0.3) is 16.9 Å². The van der Waals surface area contributed by atoms with Crippen molar-refractivity contribution in [1.82, 2.24) is 4.57 Å². The Bertz CT molecular complexity index is 957. The van der Waals surface area contributed by atoms with Crippen molar-refractivity contribution in [1.29, 1.82) is 0 Å². The van der Waals surface area contributed by atoms with Crippen LogP contribution >= 0.6 is 0 Å². The first-order valence-electron chi connectivity index (χ1n) is 8.43. The summed E-state index contributed by atoms with van der Waals surface area (Å²) >= 11 is 0. The van der Waals surface area contributed by atoms with Crippen LogP contribution in [0.2, 0.25) is 0 Å². The smallest absolute Gasteiger partial charge is 0.309 e. The molecule has 138 valence electrons. The largest absolute Gasteiger partial charge is 0.497 e. The number of methoxy groups -OCH3 is 1. The van der Waals surface area contributed by atoms with Crippen molar-refractivity contribution in [3.05, 3.63) is 66.4 Å². The highest BCUT2D eigenvalue weighted by molar-refractivity contribution is 5.88. The van der Waals surface area contributed by atoms with Crippen LogP contribution in [0.5, 0.6) is 5.75 Å². The number of hydrogen-bond acceptors (Lipinski definition) is 3. The van der Waals surface area contributed by atoms with Crippen LogP contribution in [0.1, 0.15) is 12.6 Å². The number of ether oxygens (including phenoxy) is 1. The number of carboxylic acid groups (broad SMARTS) is 1. The molecule has 3 rings (SSSR count). The molecule has 0 aliphatic carbocycles. The predicted octanol–water partition coefficient (Wildman–Crippen LogP) is 3.74. The van der Waals surface area contributed by atoms with E-state index in [1.54, 1.807) is 19.2 Å². The fourth-order valence-corrected chi connectivity index (χ4v) is 2.96. The summed E-state index contributed by atoms with van der Waals surface area (Å²) in [6, 6.07) is 18.6. The van der Waals surface area contributed by atoms with Crippen LogP contribution in [-0.4, -0.2) is 28.7 Å². The van der Waals surface area contributed by atoms with E-state index in [1.165, 1.54) is 6.92 Å². The Morgan fingerprint density at radius 3 is 2.22 bits per heavy atom. The van der Waals surface area contributed by atoms with Crippen LogP contribution in [0.15, 0.2) is 60.7 Å². The molecule has 1 amide bonds. The molecule has 0 bridgehead atoms. The molecule has 2 N–H and O–H groups in total. The van der Waals surface area contributed by atoms with E-state index in [4.69, 9.17) is 4.74 Å². The van der Waals surface area contributed by atoms with Gasteiger partial charge < -0.3 is 19.7 Å². The fourth-order valence-electron chi connectivity index (χ4n) is 2.96. The number of carbonyl (C=O) groups excluding carboxylic acids is 1. The van der Waals surface area contributed by atoms with E-state index in [1.807, 2.05) is 53.1 Å². The van der Waals surface area contributed by atoms with Gasteiger partial charge >= 0.3 is 5.97 Å². The fraction of sp³-hybridized carbons (Fsp3) is 0.143. The SMILES string of the molecule is COc1ccc(-c2ccc(CC(=O)O)n2-c2ccc(NC(C)=O)cc2)cc1. The van der Waals surface area contributed by atoms with E-state index in [2.05, 4.69) is 5.32 Å². The van der Waals surface area contributed by atoms with Crippen molar-refractivity contribution < 1.29 is 19.4 Å². The first-order chi connectivity index (χ1) is 13.0. The Labute approximate surface area is 157 Å². The summed E-state index contributed by atoms with van der Waals surface area (Å²) in [6.07, 6.45) is -0.0936. The van der Waals surface area contributed by atoms with E-state index in [-0.39, 0.29) is 12.3 Å². The highest BCUT2D eigenvalue weighted by Crippen LogP contribution is 2.29. The molecule has 2 aromatic carbocycles. The van der Waals surface area contributed by atoms with Gasteiger partial charge in [-0.2, -0.15) is 0 Å². The van der Waals surface area contributed by atoms with Crippen LogP contribution < -0.4 is 10.1 Å². The van der Waals surface area contributed by atoms with Crippen LogP contribution in [-0.2, 0) is 16.0 Å². The van der Waals surface area contributed by atoms with Crippen molar-refractivity contribution >= 4 is 17.6 Å². The molecular formula is C21H20N2O4. The Morgan fingerprint density at radius 1 is 1.00 bits per heavy atom. The van der Waals surface area contributed by atoms with Gasteiger partial charge in [-0.05, 0) is 66.2 Å². The van der Waals surface area contributed by atoms with Crippen LogP contribution in [0.3, 0.4) is 0 Å². The van der Waals surface area contributed by atoms with Gasteiger partial charge in [-0.15, -0.1) is 0 Å². The van der Waals surface area contributed by atoms with Crippen molar-refractivity contribution in [2.45, 2.75) is 13.3 Å². The number of rotatable bonds is 6. The number of benzene rings is 2. The maximum atomic E-state index is 11.3. The Balaban J connectivity index is 2.06. The minimum absolute atomic E-state index is 0.0936. The molecule has 0 saturated carbocycles. The highest BCUT2D eigenvalue weighted by atomic mass is 16.5. The van der Waals surface area contributed by atoms with Gasteiger partial charge in [0, 0.05) is 24.0 Å². The summed E-state index contributed by atoms with van der Waals surface area (Å²) < 4.78 is 7.11. The lowest BCUT2D eigenvalue weighted by molar-refractivity contribution is -0.136. The molecule has 0 spiro atoms. The summed E-state index contributed by atoms with van der Waals surface area (Å²) in [7, 11) is 1.61. The Kier molecular flexibility index (Phi) is 5.26. The molecular weight excluding hydrogens is 344 g/mol. The van der Waals surface area contributed by atoms with Crippen molar-refractivity contribution in [3.8, 4) is 22.7 Å². The third-order valence-corrected chi connectivity index (χ3v) is 4.13. The molecule has 27 heavy (non-hydrogen) atoms. The van der Waals surface area contributed by atoms with Crippen molar-refractivity contribution in [2.24, 2.45) is 0 Å². The molecule has 0 saturated heterocycles. The Morgan fingerprint density at radius 2 is 1.67 bits per heavy atom. The van der Waals surface area contributed by atoms with E-state index < -0.39 is 5.97 Å². The first-order valence-corrected chi connectivity index (χ1v) is 8.43. The zero-order valence-electron chi connectivity index (χ0n) is 15.1. The van der Waals surface area contributed by atoms with Crippen LogP contribution in [0.4, 0.5) is 5.69 Å². The minimum atomic E-state index is -0.898. The van der Waals surface area contributed by atoms with E-state index >= 15 is 0 Å². The van der Waals surface area contributed by atoms with Gasteiger partial charge in [0.2, 0.25) is 5.91 Å². The van der Waals surface area contributed by atoms with Gasteiger partial charge in [0.1, 0.15) is 5.75 Å². The standard InChI is InChI=1S/C21H20N2O4/c1-14(24)22-16-5-7-17(8-6-16)23-18(13-21(25)26)9-12-20(23)15-3-10-19(27-2)11-4-15/h3-12H,13H2,1-2H3,(H,22,24)(H,25,26). The molecule has 0 atom stereocenters. The summed E-state index contributed by atoms with van der Waals surface area (Å²) in [4.78, 5) is 22.5. The Hall–Kier alpha value is -3.54. The molecule has 1 aromatic heterocycles. The average molecular weight is 364 g/mol. The van der Waals surface area contributed by atoms with Gasteiger partial charge in [0.25, 0.3) is 0 Å². The molecule has 0 aliphatic rings. The minimum Gasteiger partial charge on any atom is -0.497 e. The zero-order chi connectivity index (χ0) is 19.4. The second kappa shape index (κ2) is 7.78. The molecule has 6 heteroatoms. The lowest BCUT2D eigenvalue weighted by Gasteiger charge is -2.14. The highest BCUT2D eigenvalue weighted by Gasteiger charge is 2.14. The topological polar surface area (TPSA) is 80.6 Å². The average Bonchev–Trinajstić information content (AvgIpc) is 3.05. The molecule has 3 aromatic rings. The molecule has 0 fully saturated rings. The maximum absolute atomic E-state index is 11.3. The molecule has 6 nitrogen and oxygen atoms in total. The normalized spacial score (nSPS) is 10.4. The monoisotopic (exact) mass is 364 g/mol. The van der Waals surface area contributed by atoms with Crippen molar-refractivity contribution in [2.75, 3.05) is 12.4 Å². The second-order valence-electron chi connectivity index (χ2n) is 6.07. The number of hydrogen-bond donors (Lipinski definition) is 2. The van der Waals surface area contributed by atoms with E-state index in [0.717, 1.165) is 22.7 Å². The van der Waals surface area contributed by atoms with Crippen LogP contribution in [0, 0.1) is 0 Å². The van der Waals surface area contributed by atoms with E-state index in [0.29, 0.717) is 11.4 Å². The van der Waals surface area contributed by atoms with Gasteiger partial charge in [0.15, 0.2) is 0 Å². The number of amides is 1. The molecule has 0 radical (unpaired) electrons. The lowest BCUT2D eigenvalue weighted by Crippen LogP contribution is -2.09. The number of carbonyl (C=O) groups is 2. The van der Waals surface area contributed by atoms with E-state index in [9.17, 15) is 14.7 Å². The molecule has 0 aliphatic heterocycles. The van der Waals surface area contributed by atoms with Gasteiger partial charge in [0.05, 0.1) is 19.2 Å². The number of anilines is 1. The predicted molar refractivity (Wildman–Crippen MR) is 103 cm³/mol. The van der Waals surface area contributed by atoms with Gasteiger partial charge in [-0.1, -0.05) is 0 Å². The number of nitrogens with one attached hydrogen (secondary N) is 1. The maximum Gasteiger partial charge on any atom is 0.309 e. The zero-order valence-corrected chi connectivity index (χ0v) is 15.1. The summed E-state index contributed by atoms with van der Waals surface area (Å²) in [6.45, 7) is 1.45. The molecule has 1 heterocycles. The van der Waals surface area contributed by atoms with Crippen molar-refractivity contribution in [3.63, 3.8) is 0 Å². The summed E-state index contributed by atoms with van der Waals surface area (Å²) in [5.41, 5.74) is 3.99. The van der Waals surface area contributed by atoms with Gasteiger partial charge in [-0.3, -0.25) is 9.59 Å². The number of aliphatic carboxylic acids is 1. The second-order valence-corrected chi connectivity index (χ2v) is 6.07. The summed E-state index contributed by atoms with van der Waals surface area (Å²) in [5.74, 6) is -0.290. The van der Waals surface area contributed by atoms with Gasteiger partial charge in [-0.25, -0.2) is 0 Å². The molecule has 0 unspecified atom stereocenters. The number of nitrogens with zero attached hydrogens (tertiary/aromatic N) is 1. The third-order valence-electron chi connectivity index (χ3n) is 4.13. The quantitative estimate of drug-likeness (QED) is 0.698. The number of aromatic nitrogens is 1. The summed E-state index contributed by atoms with van der Waals surface area (Å²) in [5, 5.41) is 12.0. The lowest BCUT2D eigenvalue weighted by atomic mass is 10.1. The first kappa shape index (κ1) is 18.3. The third kappa shape index (κ3) is 4.17. The number of carboxylic acids is 1.